The standard InChI is InChI=1S/C24H28N2O6/c27-16-22(32-23(17-28)24(29)25-30)21-9-7-19(8-10-21)2-1-18-3-5-20(6-4-18)15-26-11-13-31-14-12-26/h3-10,22-23,27-28,30H,11-17H2,(H,25,29)/t22-,23+/m1/s1. The molecule has 1 amide bonds. The predicted molar refractivity (Wildman–Crippen MR) is 117 cm³/mol. The zero-order valence-electron chi connectivity index (χ0n) is 17.7. The molecule has 0 aromatic heterocycles. The van der Waals surface area contributed by atoms with Crippen LogP contribution in [0.5, 0.6) is 0 Å². The van der Waals surface area contributed by atoms with Gasteiger partial charge in [-0.15, -0.1) is 0 Å². The topological polar surface area (TPSA) is 111 Å². The van der Waals surface area contributed by atoms with Crippen LogP contribution in [0.4, 0.5) is 0 Å². The SMILES string of the molecule is O=C(NO)[C@H](CO)O[C@H](CO)c1ccc(C#Cc2ccc(CN3CCOCC3)cc2)cc1. The fraction of sp³-hybridized carbons (Fsp3) is 0.375. The van der Waals surface area contributed by atoms with Crippen LogP contribution < -0.4 is 5.48 Å². The predicted octanol–water partition coefficient (Wildman–Crippen LogP) is 0.835. The summed E-state index contributed by atoms with van der Waals surface area (Å²) < 4.78 is 10.8. The van der Waals surface area contributed by atoms with E-state index in [-0.39, 0.29) is 0 Å². The molecule has 170 valence electrons. The molecule has 1 saturated heterocycles. The Morgan fingerprint density at radius 3 is 2.12 bits per heavy atom. The largest absolute Gasteiger partial charge is 0.393 e. The van der Waals surface area contributed by atoms with Crippen molar-refractivity contribution in [2.45, 2.75) is 18.8 Å². The number of benzene rings is 2. The van der Waals surface area contributed by atoms with Crippen molar-refractivity contribution in [3.63, 3.8) is 0 Å². The van der Waals surface area contributed by atoms with E-state index in [1.54, 1.807) is 24.3 Å². The van der Waals surface area contributed by atoms with Gasteiger partial charge in [0.05, 0.1) is 26.4 Å². The number of carbonyl (C=O) groups excluding carboxylic acids is 1. The van der Waals surface area contributed by atoms with Gasteiger partial charge in [-0.1, -0.05) is 36.1 Å². The van der Waals surface area contributed by atoms with Crippen LogP contribution in [0.3, 0.4) is 0 Å². The van der Waals surface area contributed by atoms with Gasteiger partial charge in [0.2, 0.25) is 0 Å². The number of amides is 1. The third-order valence-corrected chi connectivity index (χ3v) is 5.16. The van der Waals surface area contributed by atoms with Crippen molar-refractivity contribution in [1.82, 2.24) is 10.4 Å². The summed E-state index contributed by atoms with van der Waals surface area (Å²) in [5.41, 5.74) is 5.00. The monoisotopic (exact) mass is 440 g/mol. The van der Waals surface area contributed by atoms with E-state index < -0.39 is 31.3 Å². The van der Waals surface area contributed by atoms with E-state index in [0.717, 1.165) is 44.0 Å². The van der Waals surface area contributed by atoms with Crippen molar-refractivity contribution in [2.24, 2.45) is 0 Å². The molecule has 1 aliphatic heterocycles. The molecule has 1 aliphatic rings. The van der Waals surface area contributed by atoms with E-state index >= 15 is 0 Å². The minimum atomic E-state index is -1.29. The molecule has 0 bridgehead atoms. The summed E-state index contributed by atoms with van der Waals surface area (Å²) in [5.74, 6) is 5.36. The average Bonchev–Trinajstić information content (AvgIpc) is 2.85. The molecule has 32 heavy (non-hydrogen) atoms. The first kappa shape index (κ1) is 23.9. The van der Waals surface area contributed by atoms with Gasteiger partial charge in [0, 0.05) is 30.8 Å². The summed E-state index contributed by atoms with van der Waals surface area (Å²) in [5, 5.41) is 27.5. The Bertz CT molecular complexity index is 914. The van der Waals surface area contributed by atoms with Gasteiger partial charge in [-0.25, -0.2) is 5.48 Å². The maximum atomic E-state index is 11.5. The van der Waals surface area contributed by atoms with E-state index in [2.05, 4.69) is 28.9 Å². The van der Waals surface area contributed by atoms with Crippen molar-refractivity contribution >= 4 is 5.91 Å². The van der Waals surface area contributed by atoms with Gasteiger partial charge in [-0.2, -0.15) is 0 Å². The zero-order chi connectivity index (χ0) is 22.8. The van der Waals surface area contributed by atoms with E-state index in [0.29, 0.717) is 5.56 Å². The lowest BCUT2D eigenvalue weighted by Gasteiger charge is -2.26. The molecule has 2 atom stereocenters. The second kappa shape index (κ2) is 12.3. The Kier molecular flexibility index (Phi) is 9.19. The highest BCUT2D eigenvalue weighted by Crippen LogP contribution is 2.19. The molecule has 2 aromatic rings. The van der Waals surface area contributed by atoms with Gasteiger partial charge < -0.3 is 19.7 Å². The number of morpholine rings is 1. The Balaban J connectivity index is 1.60. The molecule has 0 unspecified atom stereocenters. The van der Waals surface area contributed by atoms with Crippen molar-refractivity contribution in [2.75, 3.05) is 39.5 Å². The molecule has 3 rings (SSSR count). The third-order valence-electron chi connectivity index (χ3n) is 5.16. The quantitative estimate of drug-likeness (QED) is 0.273. The van der Waals surface area contributed by atoms with Crippen LogP contribution in [0, 0.1) is 11.8 Å². The van der Waals surface area contributed by atoms with Crippen LogP contribution >= 0.6 is 0 Å². The van der Waals surface area contributed by atoms with Crippen LogP contribution in [0.2, 0.25) is 0 Å². The smallest absolute Gasteiger partial charge is 0.274 e. The van der Waals surface area contributed by atoms with Crippen molar-refractivity contribution in [3.8, 4) is 11.8 Å². The maximum Gasteiger partial charge on any atom is 0.274 e. The number of hydrogen-bond acceptors (Lipinski definition) is 7. The molecule has 0 aliphatic carbocycles. The molecule has 8 nitrogen and oxygen atoms in total. The second-order valence-electron chi connectivity index (χ2n) is 7.41. The first-order valence-corrected chi connectivity index (χ1v) is 10.4. The van der Waals surface area contributed by atoms with Gasteiger partial charge in [0.25, 0.3) is 5.91 Å². The van der Waals surface area contributed by atoms with Gasteiger partial charge in [-0.3, -0.25) is 14.9 Å². The molecule has 1 fully saturated rings. The van der Waals surface area contributed by atoms with E-state index in [1.807, 2.05) is 12.1 Å². The number of nitrogens with one attached hydrogen (secondary N) is 1. The Morgan fingerprint density at radius 1 is 1.00 bits per heavy atom. The Hall–Kier alpha value is -2.77. The first-order chi connectivity index (χ1) is 15.6. The molecular formula is C24H28N2O6. The van der Waals surface area contributed by atoms with Crippen LogP contribution in [-0.4, -0.2) is 71.8 Å². The number of hydroxylamine groups is 1. The molecule has 8 heteroatoms. The fourth-order valence-electron chi connectivity index (χ4n) is 3.32. The highest BCUT2D eigenvalue weighted by molar-refractivity contribution is 5.79. The summed E-state index contributed by atoms with van der Waals surface area (Å²) in [6, 6.07) is 15.3. The number of rotatable bonds is 8. The molecule has 0 spiro atoms. The van der Waals surface area contributed by atoms with Gasteiger partial charge >= 0.3 is 0 Å². The second-order valence-corrected chi connectivity index (χ2v) is 7.41. The number of ether oxygens (including phenoxy) is 2. The normalized spacial score (nSPS) is 16.0. The van der Waals surface area contributed by atoms with Crippen LogP contribution in [0.25, 0.3) is 0 Å². The summed E-state index contributed by atoms with van der Waals surface area (Å²) >= 11 is 0. The van der Waals surface area contributed by atoms with Crippen molar-refractivity contribution in [3.05, 3.63) is 70.8 Å². The summed E-state index contributed by atoms with van der Waals surface area (Å²) in [6.07, 6.45) is -2.12. The van der Waals surface area contributed by atoms with Crippen LogP contribution in [0.15, 0.2) is 48.5 Å². The van der Waals surface area contributed by atoms with Crippen molar-refractivity contribution < 1.29 is 29.7 Å². The molecule has 0 radical (unpaired) electrons. The molecule has 0 saturated carbocycles. The molecule has 1 heterocycles. The van der Waals surface area contributed by atoms with Gasteiger partial charge in [0.1, 0.15) is 6.10 Å². The maximum absolute atomic E-state index is 11.5. The van der Waals surface area contributed by atoms with Gasteiger partial charge in [0.15, 0.2) is 6.10 Å². The average molecular weight is 440 g/mol. The van der Waals surface area contributed by atoms with E-state index in [1.165, 1.54) is 11.0 Å². The van der Waals surface area contributed by atoms with Crippen LogP contribution in [-0.2, 0) is 20.8 Å². The van der Waals surface area contributed by atoms with E-state index in [4.69, 9.17) is 14.7 Å². The number of nitrogens with zero attached hydrogens (tertiary/aromatic N) is 1. The highest BCUT2D eigenvalue weighted by Gasteiger charge is 2.23. The lowest BCUT2D eigenvalue weighted by atomic mass is 10.1. The Morgan fingerprint density at radius 2 is 1.59 bits per heavy atom. The Labute approximate surface area is 187 Å². The zero-order valence-corrected chi connectivity index (χ0v) is 17.7. The summed E-state index contributed by atoms with van der Waals surface area (Å²) in [7, 11) is 0. The lowest BCUT2D eigenvalue weighted by Crippen LogP contribution is -2.38. The lowest BCUT2D eigenvalue weighted by molar-refractivity contribution is -0.150. The first-order valence-electron chi connectivity index (χ1n) is 10.4. The van der Waals surface area contributed by atoms with Gasteiger partial charge in [-0.05, 0) is 35.4 Å². The van der Waals surface area contributed by atoms with Crippen molar-refractivity contribution in [1.29, 1.82) is 0 Å². The number of hydrogen-bond donors (Lipinski definition) is 4. The minimum Gasteiger partial charge on any atom is -0.393 e. The number of carbonyl (C=O) groups is 1. The minimum absolute atomic E-state index is 0.392. The third kappa shape index (κ3) is 6.87. The van der Waals surface area contributed by atoms with E-state index in [9.17, 15) is 15.0 Å². The number of aliphatic hydroxyl groups excluding tert-OH is 2. The van der Waals surface area contributed by atoms with Crippen LogP contribution in [0.1, 0.15) is 28.4 Å². The molecule has 2 aromatic carbocycles. The highest BCUT2D eigenvalue weighted by atomic mass is 16.5. The summed E-state index contributed by atoms with van der Waals surface area (Å²) in [4.78, 5) is 13.8. The fourth-order valence-corrected chi connectivity index (χ4v) is 3.32. The summed E-state index contributed by atoms with van der Waals surface area (Å²) in [6.45, 7) is 3.36. The number of aliphatic hydroxyl groups is 2. The molecule has 4 N–H and O–H groups in total. The molecular weight excluding hydrogens is 412 g/mol.